The number of nitrogen functional groups attached to an aromatic ring is 2. The summed E-state index contributed by atoms with van der Waals surface area (Å²) in [6.45, 7) is 1.83. The molecule has 5 N–H and O–H groups in total. The Balaban J connectivity index is 2.57. The van der Waals surface area contributed by atoms with Gasteiger partial charge >= 0.3 is 0 Å². The van der Waals surface area contributed by atoms with Gasteiger partial charge in [0, 0.05) is 22.0 Å². The molecule has 0 heterocycles. The van der Waals surface area contributed by atoms with Crippen LogP contribution in [-0.4, -0.2) is 4.89 Å². The van der Waals surface area contributed by atoms with Crippen molar-refractivity contribution >= 4 is 29.4 Å². The predicted molar refractivity (Wildman–Crippen MR) is 75.5 cm³/mol. The van der Waals surface area contributed by atoms with E-state index in [0.717, 1.165) is 5.56 Å². The third kappa shape index (κ3) is 2.40. The molecule has 0 amide bonds. The van der Waals surface area contributed by atoms with E-state index < -0.39 is 7.37 Å². The third-order valence-electron chi connectivity index (χ3n) is 2.65. The molecule has 2 aromatic carbocycles. The molecule has 18 heavy (non-hydrogen) atoms. The van der Waals surface area contributed by atoms with Crippen LogP contribution in [0.15, 0.2) is 42.5 Å². The highest BCUT2D eigenvalue weighted by molar-refractivity contribution is 7.73. The van der Waals surface area contributed by atoms with Crippen molar-refractivity contribution in [2.75, 3.05) is 11.5 Å². The molecule has 0 aliphatic carbocycles. The van der Waals surface area contributed by atoms with Crippen molar-refractivity contribution in [3.63, 3.8) is 0 Å². The van der Waals surface area contributed by atoms with E-state index >= 15 is 0 Å². The van der Waals surface area contributed by atoms with Crippen molar-refractivity contribution in [2.45, 2.75) is 6.92 Å². The van der Waals surface area contributed by atoms with Gasteiger partial charge in [-0.25, -0.2) is 0 Å². The molecule has 0 aliphatic heterocycles. The van der Waals surface area contributed by atoms with Crippen LogP contribution in [-0.2, 0) is 4.57 Å². The van der Waals surface area contributed by atoms with Crippen molar-refractivity contribution in [1.82, 2.24) is 0 Å². The molecule has 0 radical (unpaired) electrons. The maximum Gasteiger partial charge on any atom is 0.258 e. The van der Waals surface area contributed by atoms with Crippen LogP contribution in [0.5, 0.6) is 0 Å². The summed E-state index contributed by atoms with van der Waals surface area (Å²) in [4.78, 5) is 10.3. The standard InChI is InChI=1S/C13H15N2O2P/c1-9-5-11(15)8-13(6-9)18(16,17)12-4-2-3-10(14)7-12/h2-8H,14-15H2,1H3,(H,16,17). The summed E-state index contributed by atoms with van der Waals surface area (Å²) in [6, 6.07) is 11.4. The zero-order valence-electron chi connectivity index (χ0n) is 10.00. The fourth-order valence-corrected chi connectivity index (χ4v) is 3.44. The minimum absolute atomic E-state index is 0.313. The van der Waals surface area contributed by atoms with Gasteiger partial charge in [-0.2, -0.15) is 0 Å². The first kappa shape index (κ1) is 12.7. The molecule has 0 spiro atoms. The summed E-state index contributed by atoms with van der Waals surface area (Å²) in [6.07, 6.45) is 0. The lowest BCUT2D eigenvalue weighted by atomic mass is 10.2. The zero-order chi connectivity index (χ0) is 13.3. The highest BCUT2D eigenvalue weighted by Gasteiger charge is 2.24. The van der Waals surface area contributed by atoms with Crippen LogP contribution in [0.1, 0.15) is 5.56 Å². The largest absolute Gasteiger partial charge is 0.399 e. The molecule has 0 aromatic heterocycles. The number of hydrogen-bond donors (Lipinski definition) is 3. The number of rotatable bonds is 2. The van der Waals surface area contributed by atoms with Crippen LogP contribution >= 0.6 is 7.37 Å². The van der Waals surface area contributed by atoms with Crippen molar-refractivity contribution in [3.05, 3.63) is 48.0 Å². The topological polar surface area (TPSA) is 89.3 Å². The Kier molecular flexibility index (Phi) is 3.16. The smallest absolute Gasteiger partial charge is 0.258 e. The molecule has 94 valence electrons. The van der Waals surface area contributed by atoms with Gasteiger partial charge in [0.05, 0.1) is 0 Å². The summed E-state index contributed by atoms with van der Waals surface area (Å²) in [7, 11) is -3.64. The molecular formula is C13H15N2O2P. The average molecular weight is 262 g/mol. The lowest BCUT2D eigenvalue weighted by Crippen LogP contribution is -2.17. The van der Waals surface area contributed by atoms with Gasteiger partial charge in [0.1, 0.15) is 0 Å². The Bertz CT molecular complexity index is 620. The SMILES string of the molecule is Cc1cc(N)cc(P(=O)(O)c2cccc(N)c2)c1. The first-order chi connectivity index (χ1) is 8.39. The number of aryl methyl sites for hydroxylation is 1. The Morgan fingerprint density at radius 3 is 2.28 bits per heavy atom. The van der Waals surface area contributed by atoms with Gasteiger partial charge in [0.15, 0.2) is 0 Å². The van der Waals surface area contributed by atoms with Crippen LogP contribution in [0.25, 0.3) is 0 Å². The molecule has 2 rings (SSSR count). The lowest BCUT2D eigenvalue weighted by Gasteiger charge is -2.14. The number of anilines is 2. The van der Waals surface area contributed by atoms with E-state index in [4.69, 9.17) is 11.5 Å². The molecule has 2 aromatic rings. The highest BCUT2D eigenvalue weighted by Crippen LogP contribution is 2.39. The summed E-state index contributed by atoms with van der Waals surface area (Å²) < 4.78 is 12.5. The highest BCUT2D eigenvalue weighted by atomic mass is 31.2. The maximum absolute atomic E-state index is 12.5. The minimum Gasteiger partial charge on any atom is -0.399 e. The Morgan fingerprint density at radius 1 is 1.00 bits per heavy atom. The van der Waals surface area contributed by atoms with Gasteiger partial charge in [-0.1, -0.05) is 6.07 Å². The van der Waals surface area contributed by atoms with E-state index in [1.165, 1.54) is 12.1 Å². The number of nitrogens with two attached hydrogens (primary N) is 2. The number of benzene rings is 2. The molecule has 0 saturated heterocycles. The lowest BCUT2D eigenvalue weighted by molar-refractivity contribution is 0.501. The van der Waals surface area contributed by atoms with Crippen molar-refractivity contribution in [3.8, 4) is 0 Å². The Hall–Kier alpha value is -1.77. The minimum atomic E-state index is -3.64. The van der Waals surface area contributed by atoms with Crippen LogP contribution in [0.2, 0.25) is 0 Å². The van der Waals surface area contributed by atoms with Gasteiger partial charge in [-0.15, -0.1) is 0 Å². The normalized spacial score (nSPS) is 14.1. The van der Waals surface area contributed by atoms with Gasteiger partial charge in [0.2, 0.25) is 0 Å². The van der Waals surface area contributed by atoms with E-state index in [0.29, 0.717) is 22.0 Å². The van der Waals surface area contributed by atoms with E-state index in [2.05, 4.69) is 0 Å². The van der Waals surface area contributed by atoms with Crippen LogP contribution in [0.4, 0.5) is 11.4 Å². The van der Waals surface area contributed by atoms with E-state index in [-0.39, 0.29) is 0 Å². The summed E-state index contributed by atoms with van der Waals surface area (Å²) in [5.74, 6) is 0. The van der Waals surface area contributed by atoms with Gasteiger partial charge in [0.25, 0.3) is 7.37 Å². The van der Waals surface area contributed by atoms with E-state index in [1.54, 1.807) is 30.3 Å². The average Bonchev–Trinajstić information content (AvgIpc) is 2.27. The van der Waals surface area contributed by atoms with Gasteiger partial charge in [-0.05, 0) is 48.9 Å². The predicted octanol–water partition coefficient (Wildman–Crippen LogP) is 1.38. The maximum atomic E-state index is 12.5. The summed E-state index contributed by atoms with van der Waals surface area (Å²) >= 11 is 0. The van der Waals surface area contributed by atoms with E-state index in [1.807, 2.05) is 6.92 Å². The second kappa shape index (κ2) is 4.48. The molecule has 0 saturated carbocycles. The fourth-order valence-electron chi connectivity index (χ4n) is 1.83. The molecule has 1 unspecified atom stereocenters. The van der Waals surface area contributed by atoms with Crippen molar-refractivity contribution in [2.24, 2.45) is 0 Å². The summed E-state index contributed by atoms with van der Waals surface area (Å²) in [5.41, 5.74) is 13.1. The van der Waals surface area contributed by atoms with Gasteiger partial charge in [-0.3, -0.25) is 4.57 Å². The number of hydrogen-bond acceptors (Lipinski definition) is 3. The Labute approximate surface area is 106 Å². The first-order valence-electron chi connectivity index (χ1n) is 5.46. The molecule has 0 fully saturated rings. The Morgan fingerprint density at radius 2 is 1.67 bits per heavy atom. The fraction of sp³-hybridized carbons (Fsp3) is 0.0769. The monoisotopic (exact) mass is 262 g/mol. The van der Waals surface area contributed by atoms with Crippen molar-refractivity contribution < 1.29 is 9.46 Å². The molecule has 5 heteroatoms. The van der Waals surface area contributed by atoms with Gasteiger partial charge < -0.3 is 16.4 Å². The van der Waals surface area contributed by atoms with Crippen LogP contribution in [0, 0.1) is 6.92 Å². The summed E-state index contributed by atoms with van der Waals surface area (Å²) in [5, 5.41) is 0.637. The van der Waals surface area contributed by atoms with Crippen molar-refractivity contribution in [1.29, 1.82) is 0 Å². The van der Waals surface area contributed by atoms with Crippen LogP contribution < -0.4 is 22.1 Å². The quantitative estimate of drug-likeness (QED) is 0.563. The van der Waals surface area contributed by atoms with E-state index in [9.17, 15) is 9.46 Å². The molecule has 0 aliphatic rings. The third-order valence-corrected chi connectivity index (χ3v) is 4.59. The molecule has 0 bridgehead atoms. The van der Waals surface area contributed by atoms with Crippen LogP contribution in [0.3, 0.4) is 0 Å². The second-order valence-corrected chi connectivity index (χ2v) is 6.46. The zero-order valence-corrected chi connectivity index (χ0v) is 10.9. The second-order valence-electron chi connectivity index (χ2n) is 4.27. The molecule has 4 nitrogen and oxygen atoms in total. The molecule has 1 atom stereocenters. The first-order valence-corrected chi connectivity index (χ1v) is 7.12. The molecular weight excluding hydrogens is 247 g/mol.